The molecule has 118 valence electrons. The molecule has 0 N–H and O–H groups in total. The smallest absolute Gasteiger partial charge is 0.0646 e. The first-order chi connectivity index (χ1) is 11.2. The van der Waals surface area contributed by atoms with E-state index in [1.807, 2.05) is 6.07 Å². The molecule has 1 atom stereocenters. The molecule has 0 nitrogen and oxygen atoms in total. The Morgan fingerprint density at radius 2 is 1.78 bits per heavy atom. The summed E-state index contributed by atoms with van der Waals surface area (Å²) in [6.07, 6.45) is 5.53. The van der Waals surface area contributed by atoms with Gasteiger partial charge in [-0.05, 0) is 24.5 Å². The van der Waals surface area contributed by atoms with Gasteiger partial charge in [-0.25, -0.2) is 0 Å². The molecule has 1 unspecified atom stereocenters. The van der Waals surface area contributed by atoms with Crippen molar-refractivity contribution in [2.45, 2.75) is 39.0 Å². The molecular weight excluding hydrogens is 344 g/mol. The summed E-state index contributed by atoms with van der Waals surface area (Å²) in [5.41, 5.74) is 3.69. The molecule has 2 aromatic carbocycles. The molecule has 0 bridgehead atoms. The fraction of sp³-hybridized carbons (Fsp3) is 0.273. The second-order valence-corrected chi connectivity index (χ2v) is 6.55. The van der Waals surface area contributed by atoms with Crippen LogP contribution in [0.3, 0.4) is 0 Å². The highest BCUT2D eigenvalue weighted by atomic mass is 79.9. The monoisotopic (exact) mass is 366 g/mol. The Labute approximate surface area is 148 Å². The maximum Gasteiger partial charge on any atom is 0.0646 e. The molecular formula is C22H23Br. The Balaban J connectivity index is 2.27. The Hall–Kier alpha value is -1.78. The highest BCUT2D eigenvalue weighted by Crippen LogP contribution is 2.27. The second-order valence-electron chi connectivity index (χ2n) is 5.69. The van der Waals surface area contributed by atoms with Crippen LogP contribution < -0.4 is 0 Å². The van der Waals surface area contributed by atoms with Crippen LogP contribution in [0.25, 0.3) is 4.48 Å². The van der Waals surface area contributed by atoms with Gasteiger partial charge < -0.3 is 0 Å². The van der Waals surface area contributed by atoms with E-state index in [2.05, 4.69) is 96.2 Å². The fourth-order valence-electron chi connectivity index (χ4n) is 2.28. The molecule has 0 aliphatic carbocycles. The second kappa shape index (κ2) is 9.38. The number of allylic oxidation sites excluding steroid dienone is 1. The van der Waals surface area contributed by atoms with Gasteiger partial charge in [0.05, 0.1) is 5.92 Å². The van der Waals surface area contributed by atoms with Crippen LogP contribution in [0.2, 0.25) is 0 Å². The molecule has 0 spiro atoms. The lowest BCUT2D eigenvalue weighted by molar-refractivity contribution is 0.827. The molecule has 0 fully saturated rings. The molecule has 0 saturated carbocycles. The van der Waals surface area contributed by atoms with Crippen LogP contribution in [-0.4, -0.2) is 0 Å². The molecule has 0 radical (unpaired) electrons. The first-order valence-corrected chi connectivity index (χ1v) is 8.97. The molecule has 23 heavy (non-hydrogen) atoms. The summed E-state index contributed by atoms with van der Waals surface area (Å²) in [7, 11) is 0. The first-order valence-electron chi connectivity index (χ1n) is 8.18. The highest BCUT2D eigenvalue weighted by Gasteiger charge is 2.07. The van der Waals surface area contributed by atoms with Gasteiger partial charge in [0.1, 0.15) is 0 Å². The average Bonchev–Trinajstić information content (AvgIpc) is 2.59. The van der Waals surface area contributed by atoms with Gasteiger partial charge in [0.25, 0.3) is 0 Å². The molecule has 0 aliphatic rings. The Morgan fingerprint density at radius 1 is 1.09 bits per heavy atom. The Kier molecular flexibility index (Phi) is 7.17. The van der Waals surface area contributed by atoms with Gasteiger partial charge in [0, 0.05) is 10.9 Å². The molecule has 2 aromatic rings. The third kappa shape index (κ3) is 5.73. The van der Waals surface area contributed by atoms with Gasteiger partial charge in [0.2, 0.25) is 0 Å². The maximum absolute atomic E-state index is 3.72. The van der Waals surface area contributed by atoms with E-state index in [1.54, 1.807) is 0 Å². The normalized spacial score (nSPS) is 12.4. The third-order valence-electron chi connectivity index (χ3n) is 3.71. The molecule has 0 aromatic heterocycles. The van der Waals surface area contributed by atoms with Crippen LogP contribution in [0, 0.1) is 18.8 Å². The van der Waals surface area contributed by atoms with E-state index in [1.165, 1.54) is 23.1 Å². The lowest BCUT2D eigenvalue weighted by Gasteiger charge is -2.08. The van der Waals surface area contributed by atoms with Gasteiger partial charge in [-0.3, -0.25) is 0 Å². The van der Waals surface area contributed by atoms with Crippen molar-refractivity contribution in [2.24, 2.45) is 0 Å². The average molecular weight is 367 g/mol. The first kappa shape index (κ1) is 17.6. The van der Waals surface area contributed by atoms with E-state index in [-0.39, 0.29) is 5.92 Å². The summed E-state index contributed by atoms with van der Waals surface area (Å²) in [5, 5.41) is 0. The minimum absolute atomic E-state index is 0.115. The molecule has 0 aliphatic heterocycles. The van der Waals surface area contributed by atoms with Crippen molar-refractivity contribution in [3.05, 3.63) is 77.4 Å². The van der Waals surface area contributed by atoms with Crippen molar-refractivity contribution in [1.29, 1.82) is 0 Å². The molecule has 0 heterocycles. The number of unbranched alkanes of at least 4 members (excludes halogenated alkanes) is 2. The minimum atomic E-state index is 0.115. The quantitative estimate of drug-likeness (QED) is 0.407. The molecule has 2 rings (SSSR count). The van der Waals surface area contributed by atoms with Gasteiger partial charge in [-0.1, -0.05) is 101 Å². The predicted molar refractivity (Wildman–Crippen MR) is 105 cm³/mol. The minimum Gasteiger partial charge on any atom is -0.102 e. The van der Waals surface area contributed by atoms with E-state index >= 15 is 0 Å². The summed E-state index contributed by atoms with van der Waals surface area (Å²) in [6, 6.07) is 19.0. The van der Waals surface area contributed by atoms with E-state index < -0.39 is 0 Å². The number of halogens is 1. The summed E-state index contributed by atoms with van der Waals surface area (Å²) in [5.74, 6) is 6.88. The standard InChI is InChI=1S/C22H23Br/c1-3-4-5-7-12-21(19-10-8-6-9-11-19)17-22(23)20-15-13-18(2)14-16-20/h6,8-11,13-17,21H,3-5H2,1-2H3/b22-17-. The van der Waals surface area contributed by atoms with Gasteiger partial charge in [-0.15, -0.1) is 5.92 Å². The molecule has 0 amide bonds. The van der Waals surface area contributed by atoms with Crippen molar-refractivity contribution >= 4 is 20.4 Å². The number of aryl methyl sites for hydroxylation is 1. The molecule has 1 heteroatoms. The van der Waals surface area contributed by atoms with Crippen molar-refractivity contribution in [3.63, 3.8) is 0 Å². The van der Waals surface area contributed by atoms with Gasteiger partial charge in [0.15, 0.2) is 0 Å². The largest absolute Gasteiger partial charge is 0.102 e. The van der Waals surface area contributed by atoms with Crippen LogP contribution in [0.5, 0.6) is 0 Å². The summed E-state index contributed by atoms with van der Waals surface area (Å²) < 4.78 is 1.09. The molecule has 0 saturated heterocycles. The zero-order chi connectivity index (χ0) is 16.5. The van der Waals surface area contributed by atoms with Crippen LogP contribution in [0.4, 0.5) is 0 Å². The van der Waals surface area contributed by atoms with Crippen molar-refractivity contribution in [1.82, 2.24) is 0 Å². The third-order valence-corrected chi connectivity index (χ3v) is 4.43. The lowest BCUT2D eigenvalue weighted by Crippen LogP contribution is -1.92. The van der Waals surface area contributed by atoms with Crippen LogP contribution in [-0.2, 0) is 0 Å². The van der Waals surface area contributed by atoms with Crippen LogP contribution in [0.1, 0.15) is 48.8 Å². The van der Waals surface area contributed by atoms with Crippen LogP contribution in [0.15, 0.2) is 60.7 Å². The zero-order valence-electron chi connectivity index (χ0n) is 13.9. The van der Waals surface area contributed by atoms with E-state index in [4.69, 9.17) is 0 Å². The number of hydrogen-bond donors (Lipinski definition) is 0. The number of rotatable bonds is 5. The van der Waals surface area contributed by atoms with Crippen molar-refractivity contribution < 1.29 is 0 Å². The Bertz CT molecular complexity index is 684. The summed E-state index contributed by atoms with van der Waals surface area (Å²) >= 11 is 3.72. The topological polar surface area (TPSA) is 0 Å². The van der Waals surface area contributed by atoms with E-state index in [9.17, 15) is 0 Å². The van der Waals surface area contributed by atoms with Gasteiger partial charge in [-0.2, -0.15) is 0 Å². The lowest BCUT2D eigenvalue weighted by atomic mass is 9.98. The van der Waals surface area contributed by atoms with Crippen molar-refractivity contribution in [2.75, 3.05) is 0 Å². The van der Waals surface area contributed by atoms with Gasteiger partial charge >= 0.3 is 0 Å². The van der Waals surface area contributed by atoms with Crippen molar-refractivity contribution in [3.8, 4) is 11.8 Å². The van der Waals surface area contributed by atoms with Crippen LogP contribution >= 0.6 is 15.9 Å². The summed E-state index contributed by atoms with van der Waals surface area (Å²) in [4.78, 5) is 0. The maximum atomic E-state index is 3.72. The van der Waals surface area contributed by atoms with E-state index in [0.29, 0.717) is 0 Å². The number of hydrogen-bond acceptors (Lipinski definition) is 0. The Morgan fingerprint density at radius 3 is 2.43 bits per heavy atom. The summed E-state index contributed by atoms with van der Waals surface area (Å²) in [6.45, 7) is 4.30. The zero-order valence-corrected chi connectivity index (χ0v) is 15.4. The number of benzene rings is 2. The fourth-order valence-corrected chi connectivity index (χ4v) is 2.81. The predicted octanol–water partition coefficient (Wildman–Crippen LogP) is 6.71. The SMILES string of the molecule is CCCCC#CC(/C=C(\Br)c1ccc(C)cc1)c1ccccc1. The highest BCUT2D eigenvalue weighted by molar-refractivity contribution is 9.15. The van der Waals surface area contributed by atoms with E-state index in [0.717, 1.165) is 17.3 Å².